The topological polar surface area (TPSA) is 78.6 Å². The zero-order chi connectivity index (χ0) is 26.5. The molecule has 0 bridgehead atoms. The highest BCUT2D eigenvalue weighted by atomic mass is 16.5. The summed E-state index contributed by atoms with van der Waals surface area (Å²) in [7, 11) is 3.91. The lowest BCUT2D eigenvalue weighted by molar-refractivity contribution is 0.255. The van der Waals surface area contributed by atoms with Crippen molar-refractivity contribution in [2.75, 3.05) is 19.0 Å². The monoisotopic (exact) mass is 503 g/mol. The van der Waals surface area contributed by atoms with Crippen molar-refractivity contribution in [3.05, 3.63) is 119 Å². The van der Waals surface area contributed by atoms with Gasteiger partial charge in [-0.15, -0.1) is 0 Å². The molecule has 0 amide bonds. The fourth-order valence-corrected chi connectivity index (χ4v) is 4.59. The van der Waals surface area contributed by atoms with Gasteiger partial charge in [0, 0.05) is 37.3 Å². The number of fused-ring (bicyclic) bond motifs is 1. The number of nitrogens with one attached hydrogen (secondary N) is 1. The maximum Gasteiger partial charge on any atom is 0.205 e. The quantitative estimate of drug-likeness (QED) is 0.295. The van der Waals surface area contributed by atoms with E-state index in [2.05, 4.69) is 6.07 Å². The molecule has 0 spiro atoms. The summed E-state index contributed by atoms with van der Waals surface area (Å²) in [6.07, 6.45) is 0. The first-order valence-corrected chi connectivity index (χ1v) is 12.5. The van der Waals surface area contributed by atoms with Gasteiger partial charge in [-0.2, -0.15) is 5.26 Å². The molecule has 6 heteroatoms. The Morgan fingerprint density at radius 1 is 0.816 bits per heavy atom. The summed E-state index contributed by atoms with van der Waals surface area (Å²) in [5, 5.41) is 18.5. The van der Waals surface area contributed by atoms with Crippen LogP contribution in [-0.4, -0.2) is 20.0 Å². The van der Waals surface area contributed by atoms with Crippen LogP contribution in [0, 0.1) is 22.7 Å². The fourth-order valence-electron chi connectivity index (χ4n) is 4.59. The van der Waals surface area contributed by atoms with Crippen LogP contribution in [0.5, 0.6) is 17.2 Å². The van der Waals surface area contributed by atoms with Crippen molar-refractivity contribution in [2.24, 2.45) is 5.92 Å². The molecule has 0 radical (unpaired) electrons. The van der Waals surface area contributed by atoms with Crippen LogP contribution in [0.1, 0.15) is 28.2 Å². The normalized spacial score (nSPS) is 16.1. The van der Waals surface area contributed by atoms with E-state index in [-0.39, 0.29) is 11.8 Å². The van der Waals surface area contributed by atoms with Gasteiger partial charge in [0.15, 0.2) is 11.5 Å². The van der Waals surface area contributed by atoms with Gasteiger partial charge in [-0.25, -0.2) is 0 Å². The summed E-state index contributed by atoms with van der Waals surface area (Å²) in [5.74, 6) is 0.599. The van der Waals surface area contributed by atoms with Gasteiger partial charge in [0.25, 0.3) is 0 Å². The minimum absolute atomic E-state index is 0.0583. The molecule has 4 aromatic rings. The first-order chi connectivity index (χ1) is 18.5. The predicted molar refractivity (Wildman–Crippen MR) is 148 cm³/mol. The Hall–Kier alpha value is -4.76. The van der Waals surface area contributed by atoms with E-state index in [1.807, 2.05) is 116 Å². The molecule has 1 heterocycles. The molecule has 2 unspecified atom stereocenters. The standard InChI is InChI=1S/C32H29N3O3/c1-35(2)25-14-15-26-29(18-25)38-32(34)27(19-33)31(26)24-13-16-28(36-20-22-9-5-3-6-10-22)30(17-24)37-21-23-11-7-4-8-12-23/h3-18,27,31,34H,20-21H2,1-2H3. The zero-order valence-electron chi connectivity index (χ0n) is 21.4. The molecule has 0 fully saturated rings. The highest BCUT2D eigenvalue weighted by Gasteiger charge is 2.37. The molecular formula is C32H29N3O3. The van der Waals surface area contributed by atoms with E-state index in [4.69, 9.17) is 19.6 Å². The Labute approximate surface area is 223 Å². The average molecular weight is 504 g/mol. The number of hydrogen-bond acceptors (Lipinski definition) is 6. The first kappa shape index (κ1) is 24.9. The van der Waals surface area contributed by atoms with Gasteiger partial charge in [-0.1, -0.05) is 72.8 Å². The van der Waals surface area contributed by atoms with Gasteiger partial charge in [-0.3, -0.25) is 5.41 Å². The van der Waals surface area contributed by atoms with Crippen LogP contribution in [0.4, 0.5) is 5.69 Å². The molecule has 0 aliphatic carbocycles. The van der Waals surface area contributed by atoms with Gasteiger partial charge >= 0.3 is 0 Å². The van der Waals surface area contributed by atoms with Crippen molar-refractivity contribution >= 4 is 11.6 Å². The largest absolute Gasteiger partial charge is 0.485 e. The van der Waals surface area contributed by atoms with E-state index < -0.39 is 5.92 Å². The molecular weight excluding hydrogens is 474 g/mol. The SMILES string of the molecule is CN(C)c1ccc2c(c1)OC(=N)C(C#N)C2c1ccc(OCc2ccccc2)c(OCc2ccccc2)c1. The lowest BCUT2D eigenvalue weighted by Gasteiger charge is -2.31. The third-order valence-electron chi connectivity index (χ3n) is 6.62. The van der Waals surface area contributed by atoms with Crippen molar-refractivity contribution in [3.8, 4) is 23.3 Å². The number of nitrogens with zero attached hydrogens (tertiary/aromatic N) is 2. The van der Waals surface area contributed by atoms with Crippen LogP contribution in [-0.2, 0) is 13.2 Å². The molecule has 4 aromatic carbocycles. The van der Waals surface area contributed by atoms with Gasteiger partial charge < -0.3 is 19.1 Å². The summed E-state index contributed by atoms with van der Waals surface area (Å²) in [4.78, 5) is 1.98. The zero-order valence-corrected chi connectivity index (χ0v) is 21.4. The van der Waals surface area contributed by atoms with Crippen LogP contribution in [0.2, 0.25) is 0 Å². The Morgan fingerprint density at radius 2 is 1.45 bits per heavy atom. The minimum atomic E-state index is -0.759. The molecule has 0 saturated heterocycles. The summed E-state index contributed by atoms with van der Waals surface area (Å²) >= 11 is 0. The molecule has 6 nitrogen and oxygen atoms in total. The van der Waals surface area contributed by atoms with Gasteiger partial charge in [-0.05, 0) is 34.9 Å². The Kier molecular flexibility index (Phi) is 7.28. The van der Waals surface area contributed by atoms with E-state index in [1.165, 1.54) is 0 Å². The summed E-state index contributed by atoms with van der Waals surface area (Å²) < 4.78 is 18.3. The van der Waals surface area contributed by atoms with Gasteiger partial charge in [0.1, 0.15) is 24.9 Å². The second-order valence-electron chi connectivity index (χ2n) is 9.42. The number of anilines is 1. The smallest absolute Gasteiger partial charge is 0.205 e. The van der Waals surface area contributed by atoms with Crippen molar-refractivity contribution in [1.29, 1.82) is 10.7 Å². The summed E-state index contributed by atoms with van der Waals surface area (Å²) in [5.41, 5.74) is 4.78. The van der Waals surface area contributed by atoms with Crippen LogP contribution in [0.3, 0.4) is 0 Å². The van der Waals surface area contributed by atoms with E-state index in [0.717, 1.165) is 27.9 Å². The minimum Gasteiger partial charge on any atom is -0.485 e. The van der Waals surface area contributed by atoms with Crippen LogP contribution in [0.15, 0.2) is 97.1 Å². The molecule has 190 valence electrons. The molecule has 0 saturated carbocycles. The van der Waals surface area contributed by atoms with E-state index in [1.54, 1.807) is 0 Å². The fraction of sp³-hybridized carbons (Fsp3) is 0.188. The number of benzene rings is 4. The molecule has 1 N–H and O–H groups in total. The van der Waals surface area contributed by atoms with Crippen molar-refractivity contribution < 1.29 is 14.2 Å². The maximum absolute atomic E-state index is 10.0. The van der Waals surface area contributed by atoms with E-state index in [0.29, 0.717) is 30.5 Å². The number of rotatable bonds is 8. The van der Waals surface area contributed by atoms with Crippen LogP contribution < -0.4 is 19.1 Å². The maximum atomic E-state index is 10.0. The summed E-state index contributed by atoms with van der Waals surface area (Å²) in [6.45, 7) is 0.779. The molecule has 2 atom stereocenters. The molecule has 1 aliphatic heterocycles. The van der Waals surface area contributed by atoms with Crippen molar-refractivity contribution in [3.63, 3.8) is 0 Å². The predicted octanol–water partition coefficient (Wildman–Crippen LogP) is 6.55. The Balaban J connectivity index is 1.52. The Bertz CT molecular complexity index is 1460. The Morgan fingerprint density at radius 3 is 2.05 bits per heavy atom. The van der Waals surface area contributed by atoms with E-state index in [9.17, 15) is 5.26 Å². The molecule has 1 aliphatic rings. The third kappa shape index (κ3) is 5.33. The molecule has 38 heavy (non-hydrogen) atoms. The number of ether oxygens (including phenoxy) is 3. The third-order valence-corrected chi connectivity index (χ3v) is 6.62. The van der Waals surface area contributed by atoms with Crippen molar-refractivity contribution in [2.45, 2.75) is 19.1 Å². The van der Waals surface area contributed by atoms with E-state index >= 15 is 0 Å². The second kappa shape index (κ2) is 11.1. The van der Waals surface area contributed by atoms with Crippen LogP contribution in [0.25, 0.3) is 0 Å². The highest BCUT2D eigenvalue weighted by molar-refractivity contribution is 5.85. The summed E-state index contributed by atoms with van der Waals surface area (Å²) in [6, 6.07) is 33.9. The lowest BCUT2D eigenvalue weighted by Crippen LogP contribution is -2.31. The first-order valence-electron chi connectivity index (χ1n) is 12.5. The van der Waals surface area contributed by atoms with Gasteiger partial charge in [0.2, 0.25) is 5.90 Å². The average Bonchev–Trinajstić information content (AvgIpc) is 2.95. The van der Waals surface area contributed by atoms with Crippen molar-refractivity contribution in [1.82, 2.24) is 0 Å². The second-order valence-corrected chi connectivity index (χ2v) is 9.42. The van der Waals surface area contributed by atoms with Gasteiger partial charge in [0.05, 0.1) is 6.07 Å². The number of hydrogen-bond donors (Lipinski definition) is 1. The lowest BCUT2D eigenvalue weighted by atomic mass is 9.79. The molecule has 5 rings (SSSR count). The number of nitriles is 1. The highest BCUT2D eigenvalue weighted by Crippen LogP contribution is 2.45. The van der Waals surface area contributed by atoms with Crippen LogP contribution >= 0.6 is 0 Å². The molecule has 0 aromatic heterocycles.